The van der Waals surface area contributed by atoms with Crippen LogP contribution in [-0.2, 0) is 4.74 Å². The van der Waals surface area contributed by atoms with Crippen LogP contribution >= 0.6 is 0 Å². The van der Waals surface area contributed by atoms with Crippen molar-refractivity contribution >= 4 is 0 Å². The molecule has 0 spiro atoms. The van der Waals surface area contributed by atoms with Crippen molar-refractivity contribution in [2.24, 2.45) is 0 Å². The van der Waals surface area contributed by atoms with Crippen molar-refractivity contribution < 1.29 is 9.47 Å². The first-order chi connectivity index (χ1) is 9.76. The van der Waals surface area contributed by atoms with Crippen LogP contribution in [0.5, 0.6) is 5.75 Å². The number of hydrogen-bond acceptors (Lipinski definition) is 4. The maximum atomic E-state index is 6.05. The van der Waals surface area contributed by atoms with Crippen LogP contribution in [0.2, 0.25) is 0 Å². The Morgan fingerprint density at radius 2 is 1.90 bits per heavy atom. The predicted octanol–water partition coefficient (Wildman–Crippen LogP) is 2.76. The van der Waals surface area contributed by atoms with Gasteiger partial charge in [-0.1, -0.05) is 18.2 Å². The summed E-state index contributed by atoms with van der Waals surface area (Å²) in [5.41, 5.74) is 3.24. The Balaban J connectivity index is 1.71. The summed E-state index contributed by atoms with van der Waals surface area (Å²) in [5, 5.41) is 3.38. The van der Waals surface area contributed by atoms with Crippen LogP contribution in [0.4, 0.5) is 0 Å². The van der Waals surface area contributed by atoms with Gasteiger partial charge in [-0.3, -0.25) is 10.3 Å². The molecule has 1 aromatic heterocycles. The largest absolute Gasteiger partial charge is 0.497 e. The zero-order chi connectivity index (χ0) is 13.9. The van der Waals surface area contributed by atoms with Crippen molar-refractivity contribution in [2.75, 3.05) is 13.7 Å². The summed E-state index contributed by atoms with van der Waals surface area (Å²) >= 11 is 0. The summed E-state index contributed by atoms with van der Waals surface area (Å²) < 4.78 is 11.2. The minimum Gasteiger partial charge on any atom is -0.497 e. The van der Waals surface area contributed by atoms with E-state index < -0.39 is 0 Å². The molecule has 2 aromatic rings. The van der Waals surface area contributed by atoms with E-state index >= 15 is 0 Å². The molecule has 0 aliphatic carbocycles. The number of benzene rings is 1. The van der Waals surface area contributed by atoms with Gasteiger partial charge in [0, 0.05) is 24.0 Å². The van der Waals surface area contributed by atoms with Crippen molar-refractivity contribution in [3.63, 3.8) is 0 Å². The Bertz CT molecular complexity index is 566. The van der Waals surface area contributed by atoms with E-state index in [0.717, 1.165) is 29.1 Å². The molecule has 2 atom stereocenters. The lowest BCUT2D eigenvalue weighted by Crippen LogP contribution is -2.13. The van der Waals surface area contributed by atoms with Gasteiger partial charge in [-0.15, -0.1) is 0 Å². The standard InChI is InChI=1S/C16H18N2O2/c1-11-3-4-13(9-17-11)15-10-18-16(20-15)12-5-7-14(19-2)8-6-12/h3-9,15-16,18H,10H2,1-2H3. The molecule has 1 aliphatic rings. The number of methoxy groups -OCH3 is 1. The average Bonchev–Trinajstić information content (AvgIpc) is 2.98. The highest BCUT2D eigenvalue weighted by Crippen LogP contribution is 2.30. The monoisotopic (exact) mass is 270 g/mol. The fourth-order valence-electron chi connectivity index (χ4n) is 2.32. The van der Waals surface area contributed by atoms with E-state index in [-0.39, 0.29) is 12.3 Å². The second kappa shape index (κ2) is 5.61. The second-order valence-corrected chi connectivity index (χ2v) is 4.92. The Hall–Kier alpha value is -1.91. The molecule has 1 aromatic carbocycles. The van der Waals surface area contributed by atoms with Crippen molar-refractivity contribution in [1.82, 2.24) is 10.3 Å². The molecule has 0 amide bonds. The SMILES string of the molecule is COc1ccc(C2NCC(c3ccc(C)nc3)O2)cc1. The van der Waals surface area contributed by atoms with Crippen LogP contribution < -0.4 is 10.1 Å². The van der Waals surface area contributed by atoms with Gasteiger partial charge in [0.2, 0.25) is 0 Å². The maximum Gasteiger partial charge on any atom is 0.135 e. The normalized spacial score (nSPS) is 21.9. The first kappa shape index (κ1) is 13.1. The minimum absolute atomic E-state index is 0.0511. The summed E-state index contributed by atoms with van der Waals surface area (Å²) in [6.45, 7) is 2.78. The lowest BCUT2D eigenvalue weighted by atomic mass is 10.1. The third-order valence-corrected chi connectivity index (χ3v) is 3.51. The number of nitrogens with one attached hydrogen (secondary N) is 1. The van der Waals surface area contributed by atoms with Gasteiger partial charge in [-0.25, -0.2) is 0 Å². The minimum atomic E-state index is -0.0767. The van der Waals surface area contributed by atoms with E-state index in [1.54, 1.807) is 7.11 Å². The predicted molar refractivity (Wildman–Crippen MR) is 76.5 cm³/mol. The zero-order valence-electron chi connectivity index (χ0n) is 11.7. The molecule has 1 fully saturated rings. The van der Waals surface area contributed by atoms with Crippen molar-refractivity contribution in [3.05, 3.63) is 59.4 Å². The third-order valence-electron chi connectivity index (χ3n) is 3.51. The molecule has 104 valence electrons. The average molecular weight is 270 g/mol. The molecule has 2 unspecified atom stereocenters. The Kier molecular flexibility index (Phi) is 3.67. The molecule has 2 heterocycles. The van der Waals surface area contributed by atoms with E-state index in [9.17, 15) is 0 Å². The molecule has 0 radical (unpaired) electrons. The van der Waals surface area contributed by atoms with Gasteiger partial charge >= 0.3 is 0 Å². The summed E-state index contributed by atoms with van der Waals surface area (Å²) in [6, 6.07) is 12.0. The van der Waals surface area contributed by atoms with Gasteiger partial charge in [-0.2, -0.15) is 0 Å². The van der Waals surface area contributed by atoms with Crippen molar-refractivity contribution in [2.45, 2.75) is 19.3 Å². The van der Waals surface area contributed by atoms with Crippen molar-refractivity contribution in [3.8, 4) is 5.75 Å². The molecule has 20 heavy (non-hydrogen) atoms. The Morgan fingerprint density at radius 1 is 1.15 bits per heavy atom. The fraction of sp³-hybridized carbons (Fsp3) is 0.312. The molecule has 3 rings (SSSR count). The fourth-order valence-corrected chi connectivity index (χ4v) is 2.32. The number of rotatable bonds is 3. The molecule has 4 nitrogen and oxygen atoms in total. The first-order valence-corrected chi connectivity index (χ1v) is 6.71. The molecular weight excluding hydrogens is 252 g/mol. The van der Waals surface area contributed by atoms with Crippen molar-refractivity contribution in [1.29, 1.82) is 0 Å². The number of ether oxygens (including phenoxy) is 2. The highest BCUT2D eigenvalue weighted by atomic mass is 16.5. The highest BCUT2D eigenvalue weighted by Gasteiger charge is 2.27. The van der Waals surface area contributed by atoms with E-state index in [2.05, 4.69) is 16.4 Å². The highest BCUT2D eigenvalue weighted by molar-refractivity contribution is 5.29. The molecule has 1 N–H and O–H groups in total. The van der Waals surface area contributed by atoms with Gasteiger partial charge in [0.1, 0.15) is 12.0 Å². The van der Waals surface area contributed by atoms with E-state index in [0.29, 0.717) is 0 Å². The van der Waals surface area contributed by atoms with E-state index in [1.165, 1.54) is 0 Å². The van der Waals surface area contributed by atoms with Crippen LogP contribution in [0.25, 0.3) is 0 Å². The van der Waals surface area contributed by atoms with Crippen LogP contribution in [0.3, 0.4) is 0 Å². The Morgan fingerprint density at radius 3 is 2.55 bits per heavy atom. The lowest BCUT2D eigenvalue weighted by Gasteiger charge is -2.13. The van der Waals surface area contributed by atoms with Gasteiger partial charge in [0.15, 0.2) is 0 Å². The summed E-state index contributed by atoms with van der Waals surface area (Å²) in [7, 11) is 1.67. The third kappa shape index (κ3) is 2.66. The number of aromatic nitrogens is 1. The Labute approximate surface area is 118 Å². The van der Waals surface area contributed by atoms with Crippen LogP contribution in [0.1, 0.15) is 29.2 Å². The zero-order valence-corrected chi connectivity index (χ0v) is 11.7. The van der Waals surface area contributed by atoms with Crippen LogP contribution in [0, 0.1) is 6.92 Å². The van der Waals surface area contributed by atoms with E-state index in [4.69, 9.17) is 9.47 Å². The van der Waals surface area contributed by atoms with Gasteiger partial charge in [0.25, 0.3) is 0 Å². The topological polar surface area (TPSA) is 43.4 Å². The molecule has 1 saturated heterocycles. The summed E-state index contributed by atoms with van der Waals surface area (Å²) in [5.74, 6) is 0.853. The summed E-state index contributed by atoms with van der Waals surface area (Å²) in [4.78, 5) is 4.32. The molecule has 0 bridgehead atoms. The summed E-state index contributed by atoms with van der Waals surface area (Å²) in [6.07, 6.45) is 1.86. The van der Waals surface area contributed by atoms with E-state index in [1.807, 2.05) is 43.5 Å². The quantitative estimate of drug-likeness (QED) is 0.931. The van der Waals surface area contributed by atoms with Crippen LogP contribution in [0.15, 0.2) is 42.6 Å². The van der Waals surface area contributed by atoms with Gasteiger partial charge in [0.05, 0.1) is 13.2 Å². The first-order valence-electron chi connectivity index (χ1n) is 6.71. The molecular formula is C16H18N2O2. The molecule has 4 heteroatoms. The number of aryl methyl sites for hydroxylation is 1. The maximum absolute atomic E-state index is 6.05. The lowest BCUT2D eigenvalue weighted by molar-refractivity contribution is 0.0403. The van der Waals surface area contributed by atoms with Gasteiger partial charge < -0.3 is 9.47 Å². The number of hydrogen-bond donors (Lipinski definition) is 1. The second-order valence-electron chi connectivity index (χ2n) is 4.92. The number of pyridine rings is 1. The smallest absolute Gasteiger partial charge is 0.135 e. The van der Waals surface area contributed by atoms with Crippen LogP contribution in [-0.4, -0.2) is 18.6 Å². The number of nitrogens with zero attached hydrogens (tertiary/aromatic N) is 1. The molecule has 0 saturated carbocycles. The van der Waals surface area contributed by atoms with Gasteiger partial charge in [-0.05, 0) is 30.7 Å². The molecule has 1 aliphatic heterocycles.